The molecular weight excluding hydrogens is 194 g/mol. The van der Waals surface area contributed by atoms with Crippen molar-refractivity contribution >= 4 is 17.7 Å². The number of carbonyl (C=O) groups excluding carboxylic acids is 1. The van der Waals surface area contributed by atoms with Gasteiger partial charge in [0.05, 0.1) is 6.61 Å². The standard InChI is InChI=1S/C8H8ClNO3/c9-7-2-1-6(13-8(10)12)3-5(7)4-11/h1-3,11H,4H2,(H2,10,12). The summed E-state index contributed by atoms with van der Waals surface area (Å²) in [6, 6.07) is 4.46. The molecule has 1 rings (SSSR count). The molecule has 0 aliphatic heterocycles. The number of primary amides is 1. The zero-order chi connectivity index (χ0) is 9.84. The van der Waals surface area contributed by atoms with E-state index in [4.69, 9.17) is 22.4 Å². The zero-order valence-electron chi connectivity index (χ0n) is 6.66. The Kier molecular flexibility index (Phi) is 3.11. The van der Waals surface area contributed by atoms with Crippen LogP contribution in [0.1, 0.15) is 5.56 Å². The van der Waals surface area contributed by atoms with Crippen molar-refractivity contribution in [1.29, 1.82) is 0 Å². The Labute approximate surface area is 79.9 Å². The van der Waals surface area contributed by atoms with Crippen LogP contribution in [0.4, 0.5) is 4.79 Å². The van der Waals surface area contributed by atoms with E-state index in [9.17, 15) is 4.79 Å². The van der Waals surface area contributed by atoms with Crippen molar-refractivity contribution in [2.45, 2.75) is 6.61 Å². The number of ether oxygens (including phenoxy) is 1. The van der Waals surface area contributed by atoms with Gasteiger partial charge >= 0.3 is 6.09 Å². The maximum absolute atomic E-state index is 10.4. The van der Waals surface area contributed by atoms with Crippen LogP contribution in [0.5, 0.6) is 5.75 Å². The van der Waals surface area contributed by atoms with Gasteiger partial charge in [-0.25, -0.2) is 4.79 Å². The molecule has 0 aromatic heterocycles. The van der Waals surface area contributed by atoms with Crippen LogP contribution < -0.4 is 10.5 Å². The molecular formula is C8H8ClNO3. The first kappa shape index (κ1) is 9.83. The number of nitrogens with two attached hydrogens (primary N) is 1. The van der Waals surface area contributed by atoms with Gasteiger partial charge in [-0.1, -0.05) is 11.6 Å². The third-order valence-corrected chi connectivity index (χ3v) is 1.77. The molecule has 0 aliphatic rings. The molecule has 1 aromatic carbocycles. The molecule has 1 amide bonds. The molecule has 0 atom stereocenters. The first-order valence-corrected chi connectivity index (χ1v) is 3.88. The van der Waals surface area contributed by atoms with Crippen molar-refractivity contribution < 1.29 is 14.6 Å². The normalized spacial score (nSPS) is 9.69. The van der Waals surface area contributed by atoms with Crippen LogP contribution in [0.15, 0.2) is 18.2 Å². The highest BCUT2D eigenvalue weighted by Crippen LogP contribution is 2.21. The van der Waals surface area contributed by atoms with Crippen LogP contribution in [-0.4, -0.2) is 11.2 Å². The highest BCUT2D eigenvalue weighted by atomic mass is 35.5. The number of hydrogen-bond acceptors (Lipinski definition) is 3. The van der Waals surface area contributed by atoms with E-state index in [1.807, 2.05) is 0 Å². The van der Waals surface area contributed by atoms with Crippen molar-refractivity contribution in [3.05, 3.63) is 28.8 Å². The summed E-state index contributed by atoms with van der Waals surface area (Å²) in [6.07, 6.45) is -0.897. The zero-order valence-corrected chi connectivity index (χ0v) is 7.41. The largest absolute Gasteiger partial charge is 0.410 e. The first-order chi connectivity index (χ1) is 6.13. The lowest BCUT2D eigenvalue weighted by atomic mass is 10.2. The Balaban J connectivity index is 2.92. The molecule has 0 spiro atoms. The third-order valence-electron chi connectivity index (χ3n) is 1.41. The molecule has 3 N–H and O–H groups in total. The number of halogens is 1. The van der Waals surface area contributed by atoms with Gasteiger partial charge in [0, 0.05) is 5.02 Å². The Morgan fingerprint density at radius 1 is 1.62 bits per heavy atom. The average Bonchev–Trinajstić information content (AvgIpc) is 2.07. The Morgan fingerprint density at radius 2 is 2.31 bits per heavy atom. The highest BCUT2D eigenvalue weighted by molar-refractivity contribution is 6.31. The molecule has 0 radical (unpaired) electrons. The molecule has 0 aliphatic carbocycles. The summed E-state index contributed by atoms with van der Waals surface area (Å²) in [5, 5.41) is 9.24. The van der Waals surface area contributed by atoms with Gasteiger partial charge in [-0.15, -0.1) is 0 Å². The number of rotatable bonds is 2. The monoisotopic (exact) mass is 201 g/mol. The topological polar surface area (TPSA) is 72.6 Å². The van der Waals surface area contributed by atoms with Gasteiger partial charge in [0.1, 0.15) is 5.75 Å². The minimum absolute atomic E-state index is 0.213. The Hall–Kier alpha value is -1.26. The molecule has 0 saturated carbocycles. The molecule has 0 unspecified atom stereocenters. The van der Waals surface area contributed by atoms with Gasteiger partial charge in [0.2, 0.25) is 0 Å². The van der Waals surface area contributed by atoms with Crippen LogP contribution >= 0.6 is 11.6 Å². The smallest absolute Gasteiger partial charge is 0.409 e. The predicted molar refractivity (Wildman–Crippen MR) is 47.6 cm³/mol. The maximum Gasteiger partial charge on any atom is 0.409 e. The summed E-state index contributed by atoms with van der Waals surface area (Å²) >= 11 is 5.70. The summed E-state index contributed by atoms with van der Waals surface area (Å²) < 4.78 is 4.58. The summed E-state index contributed by atoms with van der Waals surface area (Å²) in [4.78, 5) is 10.4. The lowest BCUT2D eigenvalue weighted by molar-refractivity contribution is 0.210. The Bertz CT molecular complexity index is 327. The lowest BCUT2D eigenvalue weighted by Crippen LogP contribution is -2.16. The van der Waals surface area contributed by atoms with Gasteiger partial charge in [0.25, 0.3) is 0 Å². The van der Waals surface area contributed by atoms with E-state index in [0.717, 1.165) is 0 Å². The van der Waals surface area contributed by atoms with Crippen molar-refractivity contribution in [1.82, 2.24) is 0 Å². The van der Waals surface area contributed by atoms with Gasteiger partial charge in [0.15, 0.2) is 0 Å². The molecule has 0 saturated heterocycles. The van der Waals surface area contributed by atoms with Crippen LogP contribution in [0.2, 0.25) is 5.02 Å². The number of amides is 1. The van der Waals surface area contributed by atoms with Gasteiger partial charge in [-0.3, -0.25) is 0 Å². The third kappa shape index (κ3) is 2.61. The summed E-state index contributed by atoms with van der Waals surface area (Å²) in [5.74, 6) is 0.265. The molecule has 0 fully saturated rings. The summed E-state index contributed by atoms with van der Waals surface area (Å²) in [5.41, 5.74) is 5.28. The van der Waals surface area contributed by atoms with Crippen LogP contribution in [-0.2, 0) is 6.61 Å². The molecule has 0 bridgehead atoms. The minimum atomic E-state index is -0.897. The van der Waals surface area contributed by atoms with Crippen LogP contribution in [0, 0.1) is 0 Å². The van der Waals surface area contributed by atoms with Crippen LogP contribution in [0.3, 0.4) is 0 Å². The second-order valence-corrected chi connectivity index (χ2v) is 2.74. The van der Waals surface area contributed by atoms with E-state index in [-0.39, 0.29) is 12.4 Å². The molecule has 5 heteroatoms. The maximum atomic E-state index is 10.4. The van der Waals surface area contributed by atoms with E-state index in [0.29, 0.717) is 10.6 Å². The van der Waals surface area contributed by atoms with Crippen molar-refractivity contribution in [2.75, 3.05) is 0 Å². The van der Waals surface area contributed by atoms with E-state index in [1.54, 1.807) is 0 Å². The lowest BCUT2D eigenvalue weighted by Gasteiger charge is -2.04. The summed E-state index contributed by atoms with van der Waals surface area (Å²) in [7, 11) is 0. The van der Waals surface area contributed by atoms with E-state index in [2.05, 4.69) is 4.74 Å². The van der Waals surface area contributed by atoms with Gasteiger partial charge < -0.3 is 15.6 Å². The fourth-order valence-electron chi connectivity index (χ4n) is 0.852. The second kappa shape index (κ2) is 4.11. The molecule has 13 heavy (non-hydrogen) atoms. The van der Waals surface area contributed by atoms with Crippen LogP contribution in [0.25, 0.3) is 0 Å². The molecule has 70 valence electrons. The van der Waals surface area contributed by atoms with E-state index < -0.39 is 6.09 Å². The first-order valence-electron chi connectivity index (χ1n) is 3.50. The second-order valence-electron chi connectivity index (χ2n) is 2.33. The number of aliphatic hydroxyl groups excluding tert-OH is 1. The minimum Gasteiger partial charge on any atom is -0.410 e. The van der Waals surface area contributed by atoms with Gasteiger partial charge in [-0.05, 0) is 23.8 Å². The van der Waals surface area contributed by atoms with Gasteiger partial charge in [-0.2, -0.15) is 0 Å². The predicted octanol–water partition coefficient (Wildman–Crippen LogP) is 1.29. The number of aliphatic hydroxyl groups is 1. The van der Waals surface area contributed by atoms with Crippen molar-refractivity contribution in [3.8, 4) is 5.75 Å². The van der Waals surface area contributed by atoms with E-state index >= 15 is 0 Å². The average molecular weight is 202 g/mol. The molecule has 1 aromatic rings. The number of hydrogen-bond donors (Lipinski definition) is 2. The van der Waals surface area contributed by atoms with E-state index in [1.165, 1.54) is 18.2 Å². The Morgan fingerprint density at radius 3 is 2.85 bits per heavy atom. The molecule has 0 heterocycles. The van der Waals surface area contributed by atoms with Crippen molar-refractivity contribution in [2.24, 2.45) is 5.73 Å². The fourth-order valence-corrected chi connectivity index (χ4v) is 1.03. The molecule has 4 nitrogen and oxygen atoms in total. The highest BCUT2D eigenvalue weighted by Gasteiger charge is 2.03. The number of carbonyl (C=O) groups is 1. The SMILES string of the molecule is NC(=O)Oc1ccc(Cl)c(CO)c1. The fraction of sp³-hybridized carbons (Fsp3) is 0.125. The summed E-state index contributed by atoms with van der Waals surface area (Å²) in [6.45, 7) is -0.213. The quantitative estimate of drug-likeness (QED) is 0.757. The number of benzene rings is 1. The van der Waals surface area contributed by atoms with Crippen molar-refractivity contribution in [3.63, 3.8) is 0 Å².